The van der Waals surface area contributed by atoms with Gasteiger partial charge in [0.25, 0.3) is 0 Å². The fraction of sp³-hybridized carbons (Fsp3) is 0.167. The van der Waals surface area contributed by atoms with Crippen LogP contribution in [0.3, 0.4) is 0 Å². The Kier molecular flexibility index (Phi) is 4.36. The van der Waals surface area contributed by atoms with Crippen molar-refractivity contribution in [3.05, 3.63) is 46.5 Å². The second kappa shape index (κ2) is 5.86. The number of nitrogens with zero attached hydrogens (tertiary/aromatic N) is 2. The molecule has 0 saturated heterocycles. The van der Waals surface area contributed by atoms with Crippen molar-refractivity contribution in [2.24, 2.45) is 0 Å². The molecule has 2 aromatic rings. The molecule has 106 valence electrons. The zero-order chi connectivity index (χ0) is 14.8. The molecule has 20 heavy (non-hydrogen) atoms. The maximum Gasteiger partial charge on any atom is 0.241 e. The Morgan fingerprint density at radius 2 is 2.15 bits per heavy atom. The van der Waals surface area contributed by atoms with Crippen LogP contribution in [-0.4, -0.2) is 18.4 Å². The fourth-order valence-corrected chi connectivity index (χ4v) is 3.34. The van der Waals surface area contributed by atoms with Gasteiger partial charge >= 0.3 is 0 Å². The molecule has 3 N–H and O–H groups in total. The highest BCUT2D eigenvalue weighted by atomic mass is 79.9. The molecule has 0 unspecified atom stereocenters. The van der Waals surface area contributed by atoms with Gasteiger partial charge in [-0.3, -0.25) is 0 Å². The van der Waals surface area contributed by atoms with E-state index in [2.05, 4.69) is 30.6 Å². The van der Waals surface area contributed by atoms with Crippen LogP contribution in [0.1, 0.15) is 11.3 Å². The van der Waals surface area contributed by atoms with Crippen LogP contribution >= 0.6 is 15.9 Å². The van der Waals surface area contributed by atoms with Gasteiger partial charge in [-0.15, -0.1) is 0 Å². The van der Waals surface area contributed by atoms with Crippen molar-refractivity contribution in [3.63, 3.8) is 0 Å². The van der Waals surface area contributed by atoms with Crippen LogP contribution in [0.5, 0.6) is 0 Å². The first kappa shape index (κ1) is 14.9. The predicted molar refractivity (Wildman–Crippen MR) is 79.3 cm³/mol. The first-order valence-electron chi connectivity index (χ1n) is 5.70. The van der Waals surface area contributed by atoms with Gasteiger partial charge in [-0.1, -0.05) is 0 Å². The van der Waals surface area contributed by atoms with Crippen molar-refractivity contribution in [3.8, 4) is 0 Å². The molecule has 0 aliphatic carbocycles. The topological polar surface area (TPSA) is 98.0 Å². The van der Waals surface area contributed by atoms with Gasteiger partial charge in [0.15, 0.2) is 0 Å². The number of nitrogen functional groups attached to an aromatic ring is 1. The summed E-state index contributed by atoms with van der Waals surface area (Å²) in [5.74, 6) is 0. The lowest BCUT2D eigenvalue weighted by Gasteiger charge is -2.11. The zero-order valence-corrected chi connectivity index (χ0v) is 13.1. The molecule has 0 amide bonds. The maximum absolute atomic E-state index is 12.3. The standard InChI is InChI=1S/C12H13BrN4O2S/c1-8-4-10(13)11(14)5-12(8)20(18,19)17-6-9-2-3-15-7-16-9/h2-5,7,17H,6,14H2,1H3. The minimum absolute atomic E-state index is 0.0975. The van der Waals surface area contributed by atoms with E-state index >= 15 is 0 Å². The molecule has 1 heterocycles. The van der Waals surface area contributed by atoms with E-state index in [-0.39, 0.29) is 11.4 Å². The number of sulfonamides is 1. The minimum atomic E-state index is -3.64. The highest BCUT2D eigenvalue weighted by molar-refractivity contribution is 9.10. The molecule has 2 rings (SSSR count). The molecule has 6 nitrogen and oxygen atoms in total. The first-order chi connectivity index (χ1) is 9.40. The Labute approximate surface area is 125 Å². The molecule has 0 aliphatic rings. The lowest BCUT2D eigenvalue weighted by atomic mass is 10.2. The summed E-state index contributed by atoms with van der Waals surface area (Å²) in [5, 5.41) is 0. The van der Waals surface area contributed by atoms with E-state index in [9.17, 15) is 8.42 Å². The zero-order valence-electron chi connectivity index (χ0n) is 10.7. The van der Waals surface area contributed by atoms with Gasteiger partial charge in [0.05, 0.1) is 17.1 Å². The Bertz CT molecular complexity index is 720. The molecule has 8 heteroatoms. The van der Waals surface area contributed by atoms with Crippen molar-refractivity contribution < 1.29 is 8.42 Å². The Hall–Kier alpha value is -1.51. The molecular formula is C12H13BrN4O2S. The van der Waals surface area contributed by atoms with E-state index in [0.29, 0.717) is 21.4 Å². The summed E-state index contributed by atoms with van der Waals surface area (Å²) < 4.78 is 27.7. The minimum Gasteiger partial charge on any atom is -0.398 e. The molecule has 1 aromatic carbocycles. The molecular weight excluding hydrogens is 344 g/mol. The van der Waals surface area contributed by atoms with Crippen molar-refractivity contribution in [1.82, 2.24) is 14.7 Å². The van der Waals surface area contributed by atoms with Gasteiger partial charge in [0.2, 0.25) is 10.0 Å². The van der Waals surface area contributed by atoms with Crippen LogP contribution in [0.2, 0.25) is 0 Å². The van der Waals surface area contributed by atoms with E-state index in [1.807, 2.05) is 0 Å². The quantitative estimate of drug-likeness (QED) is 0.810. The SMILES string of the molecule is Cc1cc(Br)c(N)cc1S(=O)(=O)NCc1ccncn1. The summed E-state index contributed by atoms with van der Waals surface area (Å²) in [6.07, 6.45) is 2.92. The average molecular weight is 357 g/mol. The third-order valence-corrected chi connectivity index (χ3v) is 4.90. The third-order valence-electron chi connectivity index (χ3n) is 2.67. The van der Waals surface area contributed by atoms with E-state index in [4.69, 9.17) is 5.73 Å². The lowest BCUT2D eigenvalue weighted by molar-refractivity contribution is 0.579. The van der Waals surface area contributed by atoms with E-state index in [1.54, 1.807) is 25.3 Å². The van der Waals surface area contributed by atoms with Crippen LogP contribution in [0.15, 0.2) is 40.1 Å². The monoisotopic (exact) mass is 356 g/mol. The number of rotatable bonds is 4. The van der Waals surface area contributed by atoms with Crippen LogP contribution in [-0.2, 0) is 16.6 Å². The summed E-state index contributed by atoms with van der Waals surface area (Å²) in [7, 11) is -3.64. The molecule has 1 aromatic heterocycles. The number of aryl methyl sites for hydroxylation is 1. The molecule has 0 aliphatic heterocycles. The van der Waals surface area contributed by atoms with Gasteiger partial charge in [0, 0.05) is 16.4 Å². The molecule has 0 atom stereocenters. The normalized spacial score (nSPS) is 11.5. The fourth-order valence-electron chi connectivity index (χ4n) is 1.63. The van der Waals surface area contributed by atoms with E-state index in [1.165, 1.54) is 12.4 Å². The van der Waals surface area contributed by atoms with E-state index in [0.717, 1.165) is 0 Å². The van der Waals surface area contributed by atoms with Gasteiger partial charge < -0.3 is 5.73 Å². The van der Waals surface area contributed by atoms with Gasteiger partial charge in [-0.2, -0.15) is 0 Å². The number of hydrogen-bond donors (Lipinski definition) is 2. The Balaban J connectivity index is 2.25. The number of aromatic nitrogens is 2. The molecule has 0 spiro atoms. The van der Waals surface area contributed by atoms with Crippen molar-refractivity contribution in [1.29, 1.82) is 0 Å². The van der Waals surface area contributed by atoms with Crippen molar-refractivity contribution >= 4 is 31.6 Å². The Morgan fingerprint density at radius 3 is 2.80 bits per heavy atom. The number of nitrogens with two attached hydrogens (primary N) is 1. The predicted octanol–water partition coefficient (Wildman–Crippen LogP) is 1.61. The second-order valence-corrected chi connectivity index (χ2v) is 6.75. The lowest BCUT2D eigenvalue weighted by Crippen LogP contribution is -2.24. The molecule has 0 bridgehead atoms. The van der Waals surface area contributed by atoms with Gasteiger partial charge in [-0.05, 0) is 46.6 Å². The highest BCUT2D eigenvalue weighted by Gasteiger charge is 2.18. The number of hydrogen-bond acceptors (Lipinski definition) is 5. The maximum atomic E-state index is 12.3. The largest absolute Gasteiger partial charge is 0.398 e. The first-order valence-corrected chi connectivity index (χ1v) is 7.98. The van der Waals surface area contributed by atoms with Crippen LogP contribution in [0, 0.1) is 6.92 Å². The van der Waals surface area contributed by atoms with Gasteiger partial charge in [0.1, 0.15) is 6.33 Å². The van der Waals surface area contributed by atoms with Gasteiger partial charge in [-0.25, -0.2) is 23.1 Å². The van der Waals surface area contributed by atoms with Crippen molar-refractivity contribution in [2.45, 2.75) is 18.4 Å². The molecule has 0 saturated carbocycles. The number of anilines is 1. The number of nitrogens with one attached hydrogen (secondary N) is 1. The summed E-state index contributed by atoms with van der Waals surface area (Å²) in [6, 6.07) is 4.75. The van der Waals surface area contributed by atoms with Crippen molar-refractivity contribution in [2.75, 3.05) is 5.73 Å². The third kappa shape index (κ3) is 3.33. The number of halogens is 1. The highest BCUT2D eigenvalue weighted by Crippen LogP contribution is 2.26. The molecule has 0 radical (unpaired) electrons. The summed E-state index contributed by atoms with van der Waals surface area (Å²) in [6.45, 7) is 1.81. The summed E-state index contributed by atoms with van der Waals surface area (Å²) in [4.78, 5) is 7.89. The summed E-state index contributed by atoms with van der Waals surface area (Å²) >= 11 is 3.27. The van der Waals surface area contributed by atoms with E-state index < -0.39 is 10.0 Å². The Morgan fingerprint density at radius 1 is 1.40 bits per heavy atom. The smallest absolute Gasteiger partial charge is 0.241 e. The second-order valence-electron chi connectivity index (χ2n) is 4.16. The van der Waals surface area contributed by atoms with Crippen LogP contribution in [0.25, 0.3) is 0 Å². The average Bonchev–Trinajstić information content (AvgIpc) is 2.42. The number of benzene rings is 1. The molecule has 0 fully saturated rings. The van der Waals surface area contributed by atoms with Crippen LogP contribution < -0.4 is 10.5 Å². The van der Waals surface area contributed by atoms with Crippen LogP contribution in [0.4, 0.5) is 5.69 Å². The summed E-state index contributed by atoms with van der Waals surface area (Å²) in [5.41, 5.74) is 7.31.